The molecule has 1 amide bonds. The van der Waals surface area contributed by atoms with E-state index < -0.39 is 35.2 Å². The van der Waals surface area contributed by atoms with E-state index in [1.165, 1.54) is 6.07 Å². The molecule has 2 N–H and O–H groups in total. The number of pyridine rings is 1. The van der Waals surface area contributed by atoms with Crippen molar-refractivity contribution < 1.29 is 36.4 Å². The van der Waals surface area contributed by atoms with Crippen molar-refractivity contribution in [3.05, 3.63) is 59.2 Å². The van der Waals surface area contributed by atoms with Crippen LogP contribution in [0.5, 0.6) is 5.75 Å². The Morgan fingerprint density at radius 3 is 2.38 bits per heavy atom. The third kappa shape index (κ3) is 5.15. The zero-order valence-corrected chi connectivity index (χ0v) is 17.6. The molecule has 4 rings (SSSR count). The Hall–Kier alpha value is -3.57. The summed E-state index contributed by atoms with van der Waals surface area (Å²) in [5.41, 5.74) is -0.926. The molecule has 12 heteroatoms. The summed E-state index contributed by atoms with van der Waals surface area (Å²) in [5, 5.41) is 15.6. The van der Waals surface area contributed by atoms with E-state index in [0.29, 0.717) is 30.8 Å². The molecule has 0 unspecified atom stereocenters. The second kappa shape index (κ2) is 9.35. The number of rotatable bonds is 5. The van der Waals surface area contributed by atoms with Gasteiger partial charge in [0.05, 0.1) is 0 Å². The van der Waals surface area contributed by atoms with Gasteiger partial charge in [0.15, 0.2) is 17.4 Å². The monoisotopic (exact) mass is 482 g/mol. The lowest BCUT2D eigenvalue weighted by atomic mass is 9.82. The first-order valence-corrected chi connectivity index (χ1v) is 10.4. The average Bonchev–Trinajstić information content (AvgIpc) is 3.31. The number of halogens is 5. The molecule has 0 saturated heterocycles. The van der Waals surface area contributed by atoms with Crippen LogP contribution in [0.2, 0.25) is 0 Å². The highest BCUT2D eigenvalue weighted by molar-refractivity contribution is 5.94. The predicted octanol–water partition coefficient (Wildman–Crippen LogP) is 4.84. The second-order valence-electron chi connectivity index (χ2n) is 8.10. The van der Waals surface area contributed by atoms with Crippen LogP contribution in [0.15, 0.2) is 35.0 Å². The minimum atomic E-state index is -4.53. The van der Waals surface area contributed by atoms with Crippen LogP contribution in [-0.4, -0.2) is 32.7 Å². The second-order valence-corrected chi connectivity index (χ2v) is 8.10. The highest BCUT2D eigenvalue weighted by Gasteiger charge is 2.32. The van der Waals surface area contributed by atoms with Gasteiger partial charge in [-0.15, -0.1) is 0 Å². The van der Waals surface area contributed by atoms with E-state index in [4.69, 9.17) is 9.63 Å². The number of benzene rings is 1. The Kier molecular flexibility index (Phi) is 6.49. The Morgan fingerprint density at radius 1 is 1.12 bits per heavy atom. The molecule has 0 spiro atoms. The van der Waals surface area contributed by atoms with Gasteiger partial charge in [0.1, 0.15) is 5.69 Å². The van der Waals surface area contributed by atoms with Crippen molar-refractivity contribution in [1.29, 1.82) is 0 Å². The van der Waals surface area contributed by atoms with Crippen molar-refractivity contribution in [3.63, 3.8) is 0 Å². The maximum Gasteiger partial charge on any atom is 0.433 e. The van der Waals surface area contributed by atoms with Crippen molar-refractivity contribution in [1.82, 2.24) is 20.4 Å². The predicted molar refractivity (Wildman–Crippen MR) is 108 cm³/mol. The lowest BCUT2D eigenvalue weighted by Crippen LogP contribution is -2.31. The van der Waals surface area contributed by atoms with Gasteiger partial charge in [-0.2, -0.15) is 18.2 Å². The summed E-state index contributed by atoms with van der Waals surface area (Å²) in [4.78, 5) is 19.9. The quantitative estimate of drug-likeness (QED) is 0.505. The van der Waals surface area contributed by atoms with Gasteiger partial charge in [-0.05, 0) is 55.9 Å². The van der Waals surface area contributed by atoms with Crippen molar-refractivity contribution in [2.45, 2.75) is 37.8 Å². The van der Waals surface area contributed by atoms with Gasteiger partial charge in [-0.1, -0.05) is 5.16 Å². The lowest BCUT2D eigenvalue weighted by Gasteiger charge is -2.26. The van der Waals surface area contributed by atoms with Gasteiger partial charge in [0.2, 0.25) is 11.7 Å². The van der Waals surface area contributed by atoms with Gasteiger partial charge in [0, 0.05) is 29.8 Å². The molecule has 0 radical (unpaired) electrons. The first-order chi connectivity index (χ1) is 16.1. The van der Waals surface area contributed by atoms with Crippen molar-refractivity contribution >= 4 is 5.91 Å². The Bertz CT molecular complexity index is 1150. The van der Waals surface area contributed by atoms with E-state index in [0.717, 1.165) is 37.2 Å². The Labute approximate surface area is 190 Å². The first-order valence-electron chi connectivity index (χ1n) is 10.4. The molecule has 3 aromatic rings. The summed E-state index contributed by atoms with van der Waals surface area (Å²) >= 11 is 0. The minimum absolute atomic E-state index is 0.0316. The van der Waals surface area contributed by atoms with Crippen LogP contribution in [0.4, 0.5) is 22.0 Å². The highest BCUT2D eigenvalue weighted by atomic mass is 19.4. The van der Waals surface area contributed by atoms with Gasteiger partial charge < -0.3 is 14.9 Å². The van der Waals surface area contributed by atoms with E-state index in [2.05, 4.69) is 20.4 Å². The number of alkyl halides is 3. The molecular weight excluding hydrogens is 463 g/mol. The summed E-state index contributed by atoms with van der Waals surface area (Å²) in [7, 11) is 0. The fraction of sp³-hybridized carbons (Fsp3) is 0.364. The van der Waals surface area contributed by atoms with Crippen LogP contribution >= 0.6 is 0 Å². The van der Waals surface area contributed by atoms with Gasteiger partial charge in [0.25, 0.3) is 5.91 Å². The first kappa shape index (κ1) is 23.6. The molecule has 1 aromatic carbocycles. The molecule has 7 nitrogen and oxygen atoms in total. The van der Waals surface area contributed by atoms with Crippen LogP contribution in [-0.2, 0) is 6.18 Å². The molecular formula is C22H19F5N4O3. The average molecular weight is 482 g/mol. The summed E-state index contributed by atoms with van der Waals surface area (Å²) in [6.45, 7) is 0.308. The normalized spacial score (nSPS) is 18.6. The number of amides is 1. The largest absolute Gasteiger partial charge is 0.503 e. The summed E-state index contributed by atoms with van der Waals surface area (Å²) in [6.07, 6.45) is -0.657. The van der Waals surface area contributed by atoms with E-state index >= 15 is 0 Å². The molecule has 1 saturated carbocycles. The van der Waals surface area contributed by atoms with Crippen LogP contribution in [0, 0.1) is 17.6 Å². The smallest absolute Gasteiger partial charge is 0.433 e. The highest BCUT2D eigenvalue weighted by Crippen LogP contribution is 2.36. The number of hydrogen-bond acceptors (Lipinski definition) is 6. The Morgan fingerprint density at radius 2 is 1.79 bits per heavy atom. The third-order valence-electron chi connectivity index (χ3n) is 5.78. The molecule has 1 aliphatic carbocycles. The number of carbonyl (C=O) groups excluding carboxylic acids is 1. The number of hydrogen-bond donors (Lipinski definition) is 2. The maximum absolute atomic E-state index is 13.4. The number of carbonyl (C=O) groups is 1. The van der Waals surface area contributed by atoms with Crippen molar-refractivity contribution in [3.8, 4) is 17.1 Å². The molecule has 0 atom stereocenters. The van der Waals surface area contributed by atoms with Crippen LogP contribution in [0.1, 0.15) is 53.5 Å². The SMILES string of the molecule is O=C(NCC1CCC(c2nc(-c3ccc(C(F)(F)F)nc3)no2)CC1)c1cc(F)c(O)c(F)c1. The summed E-state index contributed by atoms with van der Waals surface area (Å²) in [5.74, 6) is -3.57. The van der Waals surface area contributed by atoms with E-state index in [9.17, 15) is 26.7 Å². The molecule has 2 heterocycles. The number of phenolic OH excluding ortho intramolecular Hbond substituents is 1. The maximum atomic E-state index is 13.4. The number of aromatic hydroxyl groups is 1. The van der Waals surface area contributed by atoms with Gasteiger partial charge >= 0.3 is 6.18 Å². The molecule has 1 aliphatic rings. The number of aromatic nitrogens is 3. The van der Waals surface area contributed by atoms with Crippen molar-refractivity contribution in [2.75, 3.05) is 6.54 Å². The number of nitrogens with zero attached hydrogens (tertiary/aromatic N) is 3. The molecule has 0 bridgehead atoms. The van der Waals surface area contributed by atoms with E-state index in [1.54, 1.807) is 0 Å². The third-order valence-corrected chi connectivity index (χ3v) is 5.78. The number of nitrogens with one attached hydrogen (secondary N) is 1. The molecule has 0 aliphatic heterocycles. The van der Waals surface area contributed by atoms with Gasteiger partial charge in [-0.3, -0.25) is 9.78 Å². The number of phenols is 1. The molecule has 180 valence electrons. The summed E-state index contributed by atoms with van der Waals surface area (Å²) < 4.78 is 70.2. The fourth-order valence-electron chi connectivity index (χ4n) is 3.86. The van der Waals surface area contributed by atoms with Crippen LogP contribution in [0.25, 0.3) is 11.4 Å². The molecule has 1 fully saturated rings. The van der Waals surface area contributed by atoms with Crippen LogP contribution in [0.3, 0.4) is 0 Å². The van der Waals surface area contributed by atoms with Crippen molar-refractivity contribution in [2.24, 2.45) is 5.92 Å². The lowest BCUT2D eigenvalue weighted by molar-refractivity contribution is -0.141. The zero-order valence-electron chi connectivity index (χ0n) is 17.6. The minimum Gasteiger partial charge on any atom is -0.503 e. The standard InChI is InChI=1S/C22H19F5N4O3/c23-15-7-14(8-16(24)18(15)32)20(33)29-9-11-1-3-12(4-2-11)21-30-19(31-34-21)13-5-6-17(28-10-13)22(25,26)27/h5-8,10-12,32H,1-4,9H2,(H,29,33). The Balaban J connectivity index is 1.30. The van der Waals surface area contributed by atoms with E-state index in [-0.39, 0.29) is 23.2 Å². The zero-order chi connectivity index (χ0) is 24.5. The molecule has 34 heavy (non-hydrogen) atoms. The summed E-state index contributed by atoms with van der Waals surface area (Å²) in [6, 6.07) is 3.62. The van der Waals surface area contributed by atoms with Crippen LogP contribution < -0.4 is 5.32 Å². The molecule has 2 aromatic heterocycles. The van der Waals surface area contributed by atoms with E-state index in [1.807, 2.05) is 0 Å². The van der Waals surface area contributed by atoms with Gasteiger partial charge in [-0.25, -0.2) is 8.78 Å². The fourth-order valence-corrected chi connectivity index (χ4v) is 3.86. The topological polar surface area (TPSA) is 101 Å².